The van der Waals surface area contributed by atoms with E-state index < -0.39 is 6.61 Å². The molecule has 112 valence electrons. The van der Waals surface area contributed by atoms with Crippen molar-refractivity contribution < 1.29 is 13.5 Å². The van der Waals surface area contributed by atoms with Crippen molar-refractivity contribution in [3.05, 3.63) is 58.3 Å². The number of benzene rings is 1. The van der Waals surface area contributed by atoms with Gasteiger partial charge in [-0.15, -0.1) is 0 Å². The smallest absolute Gasteiger partial charge is 0.387 e. The van der Waals surface area contributed by atoms with Crippen LogP contribution in [-0.4, -0.2) is 11.6 Å². The van der Waals surface area contributed by atoms with Crippen LogP contribution in [-0.2, 0) is 6.54 Å². The first-order valence-electron chi connectivity index (χ1n) is 6.44. The fourth-order valence-corrected chi connectivity index (χ4v) is 2.15. The summed E-state index contributed by atoms with van der Waals surface area (Å²) in [5.41, 5.74) is 1.56. The summed E-state index contributed by atoms with van der Waals surface area (Å²) in [4.78, 5) is 4.25. The molecule has 1 heterocycles. The van der Waals surface area contributed by atoms with Gasteiger partial charge in [0.1, 0.15) is 5.75 Å². The average Bonchev–Trinajstić information content (AvgIpc) is 2.46. The van der Waals surface area contributed by atoms with Crippen molar-refractivity contribution in [1.29, 1.82) is 0 Å². The van der Waals surface area contributed by atoms with E-state index in [-0.39, 0.29) is 11.8 Å². The maximum atomic E-state index is 12.4. The molecule has 1 aromatic carbocycles. The quantitative estimate of drug-likeness (QED) is 0.837. The molecule has 0 aliphatic carbocycles. The fourth-order valence-electron chi connectivity index (χ4n) is 1.92. The Morgan fingerprint density at radius 3 is 2.67 bits per heavy atom. The Balaban J connectivity index is 2.03. The van der Waals surface area contributed by atoms with Gasteiger partial charge < -0.3 is 10.1 Å². The Morgan fingerprint density at radius 1 is 1.24 bits per heavy atom. The van der Waals surface area contributed by atoms with Gasteiger partial charge >= 0.3 is 6.61 Å². The van der Waals surface area contributed by atoms with Crippen LogP contribution < -0.4 is 10.1 Å². The summed E-state index contributed by atoms with van der Waals surface area (Å²) < 4.78 is 30.2. The van der Waals surface area contributed by atoms with Crippen molar-refractivity contribution >= 4 is 15.9 Å². The minimum Gasteiger partial charge on any atom is -0.434 e. The summed E-state index contributed by atoms with van der Waals surface area (Å²) in [7, 11) is 0. The molecule has 0 fully saturated rings. The van der Waals surface area contributed by atoms with Crippen molar-refractivity contribution in [3.8, 4) is 5.75 Å². The van der Waals surface area contributed by atoms with Crippen LogP contribution in [0.3, 0.4) is 0 Å². The standard InChI is InChI=1S/C15H15BrF2N2O/c1-10(19-9-12-7-6-11(16)8-20-12)13-4-2-3-5-14(13)21-15(17)18/h2-8,10,15,19H,9H2,1H3. The van der Waals surface area contributed by atoms with Crippen molar-refractivity contribution in [3.63, 3.8) is 0 Å². The highest BCUT2D eigenvalue weighted by Crippen LogP contribution is 2.26. The van der Waals surface area contributed by atoms with Gasteiger partial charge in [-0.1, -0.05) is 18.2 Å². The van der Waals surface area contributed by atoms with E-state index in [1.54, 1.807) is 24.4 Å². The highest BCUT2D eigenvalue weighted by Gasteiger charge is 2.14. The normalized spacial score (nSPS) is 12.4. The number of halogens is 3. The number of aromatic nitrogens is 1. The van der Waals surface area contributed by atoms with Gasteiger partial charge in [0, 0.05) is 28.8 Å². The second kappa shape index (κ2) is 7.47. The Morgan fingerprint density at radius 2 is 2.00 bits per heavy atom. The molecule has 2 rings (SSSR count). The molecule has 0 radical (unpaired) electrons. The first kappa shape index (κ1) is 15.9. The Hall–Kier alpha value is -1.53. The molecule has 1 atom stereocenters. The summed E-state index contributed by atoms with van der Waals surface area (Å²) in [5.74, 6) is 0.191. The molecule has 0 saturated carbocycles. The molecule has 1 N–H and O–H groups in total. The van der Waals surface area contributed by atoms with Gasteiger partial charge in [0.15, 0.2) is 0 Å². The first-order valence-corrected chi connectivity index (χ1v) is 7.23. The lowest BCUT2D eigenvalue weighted by molar-refractivity contribution is -0.0506. The zero-order chi connectivity index (χ0) is 15.2. The van der Waals surface area contributed by atoms with E-state index in [1.807, 2.05) is 19.1 Å². The number of nitrogens with one attached hydrogen (secondary N) is 1. The molecule has 1 aromatic heterocycles. The summed E-state index contributed by atoms with van der Waals surface area (Å²) in [6.45, 7) is -0.393. The van der Waals surface area contributed by atoms with Crippen molar-refractivity contribution in [1.82, 2.24) is 10.3 Å². The van der Waals surface area contributed by atoms with Gasteiger partial charge in [-0.25, -0.2) is 0 Å². The van der Waals surface area contributed by atoms with Gasteiger partial charge in [-0.3, -0.25) is 4.98 Å². The molecule has 0 spiro atoms. The molecule has 0 bridgehead atoms. The van der Waals surface area contributed by atoms with Crippen molar-refractivity contribution in [2.75, 3.05) is 0 Å². The van der Waals surface area contributed by atoms with E-state index >= 15 is 0 Å². The zero-order valence-corrected chi connectivity index (χ0v) is 13.0. The summed E-state index contributed by atoms with van der Waals surface area (Å²) in [5, 5.41) is 3.25. The number of hydrogen-bond acceptors (Lipinski definition) is 3. The van der Waals surface area contributed by atoms with Gasteiger partial charge in [0.25, 0.3) is 0 Å². The summed E-state index contributed by atoms with van der Waals surface area (Å²) in [6.07, 6.45) is 1.72. The zero-order valence-electron chi connectivity index (χ0n) is 11.4. The largest absolute Gasteiger partial charge is 0.434 e. The van der Waals surface area contributed by atoms with Gasteiger partial charge in [0.2, 0.25) is 0 Å². The molecular weight excluding hydrogens is 342 g/mol. The molecule has 3 nitrogen and oxygen atoms in total. The highest BCUT2D eigenvalue weighted by molar-refractivity contribution is 9.10. The maximum Gasteiger partial charge on any atom is 0.387 e. The molecule has 0 aliphatic rings. The first-order chi connectivity index (χ1) is 10.1. The van der Waals surface area contributed by atoms with E-state index in [9.17, 15) is 8.78 Å². The minimum atomic E-state index is -2.83. The molecule has 21 heavy (non-hydrogen) atoms. The lowest BCUT2D eigenvalue weighted by atomic mass is 10.1. The average molecular weight is 357 g/mol. The predicted molar refractivity (Wildman–Crippen MR) is 80.3 cm³/mol. The van der Waals surface area contributed by atoms with E-state index in [4.69, 9.17) is 0 Å². The summed E-state index contributed by atoms with van der Waals surface area (Å²) in [6, 6.07) is 10.4. The number of rotatable bonds is 6. The van der Waals surface area contributed by atoms with E-state index in [0.717, 1.165) is 10.2 Å². The van der Waals surface area contributed by atoms with Crippen LogP contribution in [0.5, 0.6) is 5.75 Å². The molecule has 1 unspecified atom stereocenters. The molecule has 0 aliphatic heterocycles. The van der Waals surface area contributed by atoms with E-state index in [0.29, 0.717) is 12.1 Å². The number of pyridine rings is 1. The third-order valence-electron chi connectivity index (χ3n) is 2.98. The maximum absolute atomic E-state index is 12.4. The number of para-hydroxylation sites is 1. The van der Waals surface area contributed by atoms with Crippen LogP contribution in [0.4, 0.5) is 8.78 Å². The Kier molecular flexibility index (Phi) is 5.64. The minimum absolute atomic E-state index is 0.134. The van der Waals surface area contributed by atoms with Crippen LogP contribution in [0.2, 0.25) is 0 Å². The molecule has 0 amide bonds. The van der Waals surface area contributed by atoms with E-state index in [1.165, 1.54) is 6.07 Å². The predicted octanol–water partition coefficient (Wildman–Crippen LogP) is 4.30. The number of ether oxygens (including phenoxy) is 1. The SMILES string of the molecule is CC(NCc1ccc(Br)cn1)c1ccccc1OC(F)F. The highest BCUT2D eigenvalue weighted by atomic mass is 79.9. The molecule has 0 saturated heterocycles. The third-order valence-corrected chi connectivity index (χ3v) is 3.45. The lowest BCUT2D eigenvalue weighted by Crippen LogP contribution is -2.20. The van der Waals surface area contributed by atoms with Crippen LogP contribution >= 0.6 is 15.9 Å². The van der Waals surface area contributed by atoms with Crippen molar-refractivity contribution in [2.45, 2.75) is 26.1 Å². The van der Waals surface area contributed by atoms with Crippen LogP contribution in [0.25, 0.3) is 0 Å². The summed E-state index contributed by atoms with van der Waals surface area (Å²) >= 11 is 3.32. The fraction of sp³-hybridized carbons (Fsp3) is 0.267. The van der Waals surface area contributed by atoms with Gasteiger partial charge in [0.05, 0.1) is 5.69 Å². The Labute approximate surface area is 130 Å². The van der Waals surface area contributed by atoms with Gasteiger partial charge in [-0.05, 0) is 41.1 Å². The number of nitrogens with zero attached hydrogens (tertiary/aromatic N) is 1. The van der Waals surface area contributed by atoms with Crippen LogP contribution in [0.1, 0.15) is 24.2 Å². The van der Waals surface area contributed by atoms with E-state index in [2.05, 4.69) is 31.0 Å². The van der Waals surface area contributed by atoms with Crippen molar-refractivity contribution in [2.24, 2.45) is 0 Å². The second-order valence-electron chi connectivity index (χ2n) is 4.49. The molecular formula is C15H15BrF2N2O. The van der Waals surface area contributed by atoms with Crippen LogP contribution in [0, 0.1) is 0 Å². The third kappa shape index (κ3) is 4.75. The molecule has 6 heteroatoms. The molecule has 2 aromatic rings. The second-order valence-corrected chi connectivity index (χ2v) is 5.40. The van der Waals surface area contributed by atoms with Crippen LogP contribution in [0.15, 0.2) is 47.1 Å². The number of hydrogen-bond donors (Lipinski definition) is 1. The van der Waals surface area contributed by atoms with Gasteiger partial charge in [-0.2, -0.15) is 8.78 Å². The Bertz CT molecular complexity index is 578. The topological polar surface area (TPSA) is 34.2 Å². The number of alkyl halides is 2. The monoisotopic (exact) mass is 356 g/mol. The lowest BCUT2D eigenvalue weighted by Gasteiger charge is -2.17.